The molecule has 0 bridgehead atoms. The molecule has 2 aromatic carbocycles. The second kappa shape index (κ2) is 7.57. The van der Waals surface area contributed by atoms with Crippen LogP contribution >= 0.6 is 0 Å². The van der Waals surface area contributed by atoms with Gasteiger partial charge in [0.05, 0.1) is 39.1 Å². The Bertz CT molecular complexity index is 854. The third kappa shape index (κ3) is 3.40. The maximum absolute atomic E-state index is 12.5. The molecule has 1 unspecified atom stereocenters. The average molecular weight is 371 g/mol. The number of β-lactam (4-membered cyclic amide) rings is 1. The third-order valence-electron chi connectivity index (χ3n) is 4.38. The lowest BCUT2D eigenvalue weighted by Gasteiger charge is -2.38. The van der Waals surface area contributed by atoms with E-state index < -0.39 is 12.1 Å². The quantitative estimate of drug-likeness (QED) is 0.574. The fourth-order valence-electron chi connectivity index (χ4n) is 3.09. The second-order valence-electron chi connectivity index (χ2n) is 5.97. The lowest BCUT2D eigenvalue weighted by molar-refractivity contribution is -0.156. The van der Waals surface area contributed by atoms with Gasteiger partial charge in [-0.15, -0.1) is 0 Å². The van der Waals surface area contributed by atoms with E-state index in [4.69, 9.17) is 18.9 Å². The van der Waals surface area contributed by atoms with Crippen molar-refractivity contribution in [2.24, 2.45) is 0 Å². The molecule has 0 aliphatic carbocycles. The van der Waals surface area contributed by atoms with Crippen LogP contribution in [0.3, 0.4) is 0 Å². The predicted octanol–water partition coefficient (Wildman–Crippen LogP) is 2.66. The van der Waals surface area contributed by atoms with Gasteiger partial charge in [-0.3, -0.25) is 9.59 Å². The molecule has 0 radical (unpaired) electrons. The minimum atomic E-state index is -0.741. The molecule has 0 aromatic heterocycles. The van der Waals surface area contributed by atoms with Crippen molar-refractivity contribution in [3.8, 4) is 28.4 Å². The van der Waals surface area contributed by atoms with E-state index in [-0.39, 0.29) is 5.91 Å². The number of ether oxygens (including phenoxy) is 4. The highest BCUT2D eigenvalue weighted by molar-refractivity contribution is 6.07. The van der Waals surface area contributed by atoms with E-state index in [2.05, 4.69) is 0 Å². The Kier molecular flexibility index (Phi) is 5.21. The second-order valence-corrected chi connectivity index (χ2v) is 5.97. The molecular weight excluding hydrogens is 350 g/mol. The van der Waals surface area contributed by atoms with Crippen molar-refractivity contribution < 1.29 is 28.5 Å². The van der Waals surface area contributed by atoms with Gasteiger partial charge in [-0.1, -0.05) is 18.2 Å². The van der Waals surface area contributed by atoms with Crippen LogP contribution in [0.4, 0.5) is 5.69 Å². The highest BCUT2D eigenvalue weighted by Gasteiger charge is 2.41. The lowest BCUT2D eigenvalue weighted by atomic mass is 9.98. The Labute approximate surface area is 157 Å². The van der Waals surface area contributed by atoms with Gasteiger partial charge >= 0.3 is 5.97 Å². The Morgan fingerprint density at radius 3 is 2.19 bits per heavy atom. The van der Waals surface area contributed by atoms with Crippen LogP contribution in [0.25, 0.3) is 11.1 Å². The number of hydrogen-bond acceptors (Lipinski definition) is 6. The monoisotopic (exact) mass is 371 g/mol. The van der Waals surface area contributed by atoms with E-state index >= 15 is 0 Å². The van der Waals surface area contributed by atoms with Gasteiger partial charge in [-0.2, -0.15) is 0 Å². The maximum atomic E-state index is 12.5. The molecule has 0 saturated carbocycles. The number of methoxy groups -OCH3 is 3. The average Bonchev–Trinajstić information content (AvgIpc) is 2.69. The van der Waals surface area contributed by atoms with E-state index in [0.717, 1.165) is 5.56 Å². The number of nitrogens with zero attached hydrogens (tertiary/aromatic N) is 1. The van der Waals surface area contributed by atoms with Crippen molar-refractivity contribution in [1.82, 2.24) is 0 Å². The number of benzene rings is 2. The minimum absolute atomic E-state index is 0.260. The number of hydrogen-bond donors (Lipinski definition) is 0. The summed E-state index contributed by atoms with van der Waals surface area (Å²) in [7, 11) is 4.69. The van der Waals surface area contributed by atoms with Crippen LogP contribution in [0.5, 0.6) is 17.2 Å². The highest BCUT2D eigenvalue weighted by atomic mass is 16.6. The van der Waals surface area contributed by atoms with Crippen LogP contribution < -0.4 is 19.1 Å². The first-order valence-electron chi connectivity index (χ1n) is 8.38. The highest BCUT2D eigenvalue weighted by Crippen LogP contribution is 2.46. The fraction of sp³-hybridized carbons (Fsp3) is 0.300. The smallest absolute Gasteiger partial charge is 0.303 e. The molecule has 1 atom stereocenters. The largest absolute Gasteiger partial charge is 0.496 e. The molecule has 0 N–H and O–H groups in total. The standard InChI is InChI=1S/C20H21NO6/c1-12(22)27-18-11-21(20(18)23)15-8-6-5-7-14(15)19-16(25-3)9-13(24-2)10-17(19)26-4/h5-10,18H,11H2,1-4H3. The molecule has 1 heterocycles. The Morgan fingerprint density at radius 1 is 1.04 bits per heavy atom. The van der Waals surface area contributed by atoms with Crippen molar-refractivity contribution >= 4 is 17.6 Å². The van der Waals surface area contributed by atoms with Gasteiger partial charge in [-0.05, 0) is 6.07 Å². The third-order valence-corrected chi connectivity index (χ3v) is 4.38. The first kappa shape index (κ1) is 18.6. The van der Waals surface area contributed by atoms with E-state index in [1.54, 1.807) is 38.4 Å². The zero-order valence-corrected chi connectivity index (χ0v) is 15.6. The van der Waals surface area contributed by atoms with E-state index in [1.165, 1.54) is 6.92 Å². The molecule has 3 rings (SSSR count). The molecule has 1 fully saturated rings. The van der Waals surface area contributed by atoms with Crippen molar-refractivity contribution in [1.29, 1.82) is 0 Å². The van der Waals surface area contributed by atoms with Gasteiger partial charge in [0.25, 0.3) is 5.91 Å². The van der Waals surface area contributed by atoms with Crippen LogP contribution in [0, 0.1) is 0 Å². The number of esters is 1. The molecule has 27 heavy (non-hydrogen) atoms. The summed E-state index contributed by atoms with van der Waals surface area (Å²) in [6.45, 7) is 1.59. The first-order valence-corrected chi connectivity index (χ1v) is 8.38. The summed E-state index contributed by atoms with van der Waals surface area (Å²) < 4.78 is 21.4. The maximum Gasteiger partial charge on any atom is 0.303 e. The number of amides is 1. The number of para-hydroxylation sites is 1. The van der Waals surface area contributed by atoms with E-state index in [0.29, 0.717) is 35.0 Å². The summed E-state index contributed by atoms with van der Waals surface area (Å²) >= 11 is 0. The molecule has 2 aromatic rings. The summed E-state index contributed by atoms with van der Waals surface area (Å²) in [5.41, 5.74) is 2.16. The summed E-state index contributed by atoms with van der Waals surface area (Å²) in [4.78, 5) is 25.1. The van der Waals surface area contributed by atoms with Gasteiger partial charge in [0.2, 0.25) is 0 Å². The van der Waals surface area contributed by atoms with Crippen molar-refractivity contribution in [2.45, 2.75) is 13.0 Å². The Hall–Kier alpha value is -3.22. The van der Waals surface area contributed by atoms with Crippen molar-refractivity contribution in [3.05, 3.63) is 36.4 Å². The van der Waals surface area contributed by atoms with Crippen LogP contribution in [0.1, 0.15) is 6.92 Å². The van der Waals surface area contributed by atoms with Gasteiger partial charge in [-0.25, -0.2) is 0 Å². The van der Waals surface area contributed by atoms with Crippen LogP contribution in [-0.2, 0) is 14.3 Å². The van der Waals surface area contributed by atoms with Gasteiger partial charge in [0.15, 0.2) is 6.10 Å². The number of carbonyl (C=O) groups is 2. The van der Waals surface area contributed by atoms with Gasteiger partial charge in [0.1, 0.15) is 17.2 Å². The van der Waals surface area contributed by atoms with Gasteiger partial charge in [0, 0.05) is 24.6 Å². The first-order chi connectivity index (χ1) is 13.0. The van der Waals surface area contributed by atoms with Crippen LogP contribution in [0.2, 0.25) is 0 Å². The molecule has 1 saturated heterocycles. The van der Waals surface area contributed by atoms with Crippen LogP contribution in [0.15, 0.2) is 36.4 Å². The van der Waals surface area contributed by atoms with Gasteiger partial charge < -0.3 is 23.8 Å². The van der Waals surface area contributed by atoms with Crippen molar-refractivity contribution in [3.63, 3.8) is 0 Å². The number of rotatable bonds is 6. The summed E-state index contributed by atoms with van der Waals surface area (Å²) in [6, 6.07) is 10.9. The predicted molar refractivity (Wildman–Crippen MR) is 99.4 cm³/mol. The lowest BCUT2D eigenvalue weighted by Crippen LogP contribution is -2.58. The SMILES string of the molecule is COc1cc(OC)c(-c2ccccc2N2CC(OC(C)=O)C2=O)c(OC)c1. The van der Waals surface area contributed by atoms with E-state index in [1.807, 2.05) is 24.3 Å². The summed E-state index contributed by atoms with van der Waals surface area (Å²) in [5, 5.41) is 0. The summed E-state index contributed by atoms with van der Waals surface area (Å²) in [5.74, 6) is 0.982. The molecule has 1 amide bonds. The molecule has 1 aliphatic rings. The zero-order chi connectivity index (χ0) is 19.6. The number of carbonyl (C=O) groups excluding carboxylic acids is 2. The van der Waals surface area contributed by atoms with Crippen molar-refractivity contribution in [2.75, 3.05) is 32.8 Å². The molecule has 0 spiro atoms. The topological polar surface area (TPSA) is 74.3 Å². The minimum Gasteiger partial charge on any atom is -0.496 e. The number of anilines is 1. The zero-order valence-electron chi connectivity index (χ0n) is 15.6. The molecule has 7 nitrogen and oxygen atoms in total. The Balaban J connectivity index is 2.05. The fourth-order valence-corrected chi connectivity index (χ4v) is 3.09. The summed E-state index contributed by atoms with van der Waals surface area (Å²) in [6.07, 6.45) is -0.741. The van der Waals surface area contributed by atoms with E-state index in [9.17, 15) is 9.59 Å². The molecule has 7 heteroatoms. The molecule has 142 valence electrons. The van der Waals surface area contributed by atoms with Crippen LogP contribution in [-0.4, -0.2) is 45.9 Å². The molecular formula is C20H21NO6. The molecule has 1 aliphatic heterocycles. The normalized spacial score (nSPS) is 15.8. The Morgan fingerprint density at radius 2 is 1.67 bits per heavy atom.